The second-order valence-electron chi connectivity index (χ2n) is 9.13. The first-order valence-corrected chi connectivity index (χ1v) is 10.0. The van der Waals surface area contributed by atoms with Gasteiger partial charge in [-0.2, -0.15) is 0 Å². The molecule has 2 saturated carbocycles. The number of carbonyl (C=O) groups is 1. The van der Waals surface area contributed by atoms with Gasteiger partial charge >= 0.3 is 0 Å². The Morgan fingerprint density at radius 2 is 2.07 bits per heavy atom. The molecule has 1 spiro atoms. The van der Waals surface area contributed by atoms with Crippen molar-refractivity contribution in [3.63, 3.8) is 0 Å². The van der Waals surface area contributed by atoms with Crippen LogP contribution in [0.5, 0.6) is 0 Å². The van der Waals surface area contributed by atoms with Crippen LogP contribution in [0.1, 0.15) is 51.2 Å². The van der Waals surface area contributed by atoms with Crippen molar-refractivity contribution in [2.24, 2.45) is 22.7 Å². The number of rotatable bonds is 5. The number of carbonyl (C=O) groups excluding carboxylic acids is 1. The monoisotopic (exact) mass is 375 g/mol. The number of halogens is 1. The quantitative estimate of drug-likeness (QED) is 0.850. The zero-order valence-corrected chi connectivity index (χ0v) is 16.5. The van der Waals surface area contributed by atoms with Gasteiger partial charge in [0.25, 0.3) is 0 Å². The van der Waals surface area contributed by atoms with Gasteiger partial charge in [-0.05, 0) is 59.6 Å². The standard InChI is InChI=1S/C22H30FNO3/c1-21(2)15-12-17-19(14-4-6-16(23)7-5-14)27-11-9-22(17,13-15)20(21)24-18(25)8-10-26-3/h4-7,15,17,19-20H,8-13H2,1-3H3,(H,24,25)/t15-,17-,19-,20-,22?/m1/s1. The predicted octanol–water partition coefficient (Wildman–Crippen LogP) is 3.86. The molecule has 1 N–H and O–H groups in total. The summed E-state index contributed by atoms with van der Waals surface area (Å²) in [5, 5.41) is 3.37. The van der Waals surface area contributed by atoms with E-state index in [0.717, 1.165) is 24.8 Å². The molecule has 1 aromatic carbocycles. The Hall–Kier alpha value is -1.46. The minimum Gasteiger partial charge on any atom is -0.384 e. The smallest absolute Gasteiger partial charge is 0.222 e. The normalized spacial score (nSPS) is 36.4. The minimum atomic E-state index is -0.221. The number of methoxy groups -OCH3 is 1. The average molecular weight is 375 g/mol. The fourth-order valence-corrected chi connectivity index (χ4v) is 6.20. The van der Waals surface area contributed by atoms with Crippen LogP contribution in [0, 0.1) is 28.5 Å². The summed E-state index contributed by atoms with van der Waals surface area (Å²) < 4.78 is 24.6. The lowest BCUT2D eigenvalue weighted by Crippen LogP contribution is -2.59. The van der Waals surface area contributed by atoms with E-state index in [2.05, 4.69) is 19.2 Å². The molecule has 1 heterocycles. The highest BCUT2D eigenvalue weighted by Gasteiger charge is 2.68. The third kappa shape index (κ3) is 2.99. The topological polar surface area (TPSA) is 47.6 Å². The molecule has 3 fully saturated rings. The van der Waals surface area contributed by atoms with Gasteiger partial charge in [0.1, 0.15) is 5.82 Å². The summed E-state index contributed by atoms with van der Waals surface area (Å²) in [7, 11) is 1.62. The van der Waals surface area contributed by atoms with E-state index >= 15 is 0 Å². The van der Waals surface area contributed by atoms with E-state index in [1.165, 1.54) is 12.1 Å². The first kappa shape index (κ1) is 18.9. The lowest BCUT2D eigenvalue weighted by atomic mass is 9.59. The summed E-state index contributed by atoms with van der Waals surface area (Å²) in [6.45, 7) is 5.73. The zero-order valence-electron chi connectivity index (χ0n) is 16.5. The molecule has 4 rings (SSSR count). The Kier molecular flexibility index (Phi) is 4.79. The summed E-state index contributed by atoms with van der Waals surface area (Å²) in [4.78, 5) is 12.5. The molecule has 27 heavy (non-hydrogen) atoms. The largest absolute Gasteiger partial charge is 0.384 e. The minimum absolute atomic E-state index is 0.0150. The maximum atomic E-state index is 13.4. The maximum Gasteiger partial charge on any atom is 0.222 e. The van der Waals surface area contributed by atoms with Gasteiger partial charge < -0.3 is 14.8 Å². The number of nitrogens with one attached hydrogen (secondary N) is 1. The maximum absolute atomic E-state index is 13.4. The second kappa shape index (κ2) is 6.85. The third-order valence-electron chi connectivity index (χ3n) is 7.54. The molecule has 0 radical (unpaired) electrons. The fraction of sp³-hybridized carbons (Fsp3) is 0.682. The van der Waals surface area contributed by atoms with Gasteiger partial charge in [0.2, 0.25) is 5.91 Å². The highest BCUT2D eigenvalue weighted by atomic mass is 19.1. The van der Waals surface area contributed by atoms with Crippen LogP contribution in [-0.2, 0) is 14.3 Å². The Labute approximate surface area is 160 Å². The Morgan fingerprint density at radius 1 is 1.33 bits per heavy atom. The van der Waals surface area contributed by atoms with E-state index in [1.54, 1.807) is 7.11 Å². The summed E-state index contributed by atoms with van der Waals surface area (Å²) >= 11 is 0. The van der Waals surface area contributed by atoms with Gasteiger partial charge in [-0.3, -0.25) is 4.79 Å². The molecule has 2 aliphatic carbocycles. The Balaban J connectivity index is 1.62. The van der Waals surface area contributed by atoms with Gasteiger partial charge in [0, 0.05) is 26.2 Å². The average Bonchev–Trinajstić information content (AvgIpc) is 3.13. The first-order chi connectivity index (χ1) is 12.9. The second-order valence-corrected chi connectivity index (χ2v) is 9.13. The van der Waals surface area contributed by atoms with Gasteiger partial charge in [0.05, 0.1) is 12.7 Å². The molecule has 1 aliphatic heterocycles. The number of ether oxygens (including phenoxy) is 2. The van der Waals surface area contributed by atoms with Crippen molar-refractivity contribution in [2.45, 2.75) is 51.7 Å². The first-order valence-electron chi connectivity index (χ1n) is 10.0. The number of hydrogen-bond acceptors (Lipinski definition) is 3. The molecule has 148 valence electrons. The van der Waals surface area contributed by atoms with E-state index in [4.69, 9.17) is 9.47 Å². The zero-order chi connectivity index (χ0) is 19.2. The van der Waals surface area contributed by atoms with Crippen LogP contribution in [0.4, 0.5) is 4.39 Å². The van der Waals surface area contributed by atoms with Crippen molar-refractivity contribution < 1.29 is 18.7 Å². The predicted molar refractivity (Wildman–Crippen MR) is 101 cm³/mol. The van der Waals surface area contributed by atoms with Crippen molar-refractivity contribution in [3.8, 4) is 0 Å². The van der Waals surface area contributed by atoms with Crippen molar-refractivity contribution in [3.05, 3.63) is 35.6 Å². The van der Waals surface area contributed by atoms with Crippen LogP contribution < -0.4 is 5.32 Å². The summed E-state index contributed by atoms with van der Waals surface area (Å²) in [5.74, 6) is 0.782. The fourth-order valence-electron chi connectivity index (χ4n) is 6.20. The Bertz CT molecular complexity index is 704. The Morgan fingerprint density at radius 3 is 2.78 bits per heavy atom. The lowest BCUT2D eigenvalue weighted by Gasteiger charge is -2.53. The van der Waals surface area contributed by atoms with Crippen LogP contribution in [0.15, 0.2) is 24.3 Å². The SMILES string of the molecule is COCCC(=O)N[C@@H]1C(C)(C)[C@@H]2C[C@@H]3[C@@H](c4ccc(F)cc4)OCCC31C2. The molecular weight excluding hydrogens is 345 g/mol. The van der Waals surface area contributed by atoms with Crippen molar-refractivity contribution in [2.75, 3.05) is 20.3 Å². The molecule has 1 amide bonds. The van der Waals surface area contributed by atoms with E-state index in [0.29, 0.717) is 31.5 Å². The lowest BCUT2D eigenvalue weighted by molar-refractivity contribution is -0.137. The molecule has 0 aromatic heterocycles. The number of hydrogen-bond donors (Lipinski definition) is 1. The number of amides is 1. The molecule has 5 heteroatoms. The van der Waals surface area contributed by atoms with Crippen LogP contribution in [0.25, 0.3) is 0 Å². The van der Waals surface area contributed by atoms with Crippen molar-refractivity contribution >= 4 is 5.91 Å². The summed E-state index contributed by atoms with van der Waals surface area (Å²) in [5.41, 5.74) is 1.19. The van der Waals surface area contributed by atoms with E-state index in [-0.39, 0.29) is 34.7 Å². The van der Waals surface area contributed by atoms with E-state index in [9.17, 15) is 9.18 Å². The molecule has 1 saturated heterocycles. The van der Waals surface area contributed by atoms with Crippen molar-refractivity contribution in [1.29, 1.82) is 0 Å². The summed E-state index contributed by atoms with van der Waals surface area (Å²) in [6, 6.07) is 6.87. The number of benzene rings is 1. The van der Waals surface area contributed by atoms with Crippen molar-refractivity contribution in [1.82, 2.24) is 5.32 Å². The third-order valence-corrected chi connectivity index (χ3v) is 7.54. The van der Waals surface area contributed by atoms with Crippen LogP contribution >= 0.6 is 0 Å². The highest BCUT2D eigenvalue weighted by Crippen LogP contribution is 2.70. The molecule has 2 bridgehead atoms. The van der Waals surface area contributed by atoms with E-state index < -0.39 is 0 Å². The van der Waals surface area contributed by atoms with Gasteiger partial charge in [-0.1, -0.05) is 26.0 Å². The molecule has 4 nitrogen and oxygen atoms in total. The molecular formula is C22H30FNO3. The van der Waals surface area contributed by atoms with Crippen LogP contribution in [0.3, 0.4) is 0 Å². The van der Waals surface area contributed by atoms with Gasteiger partial charge in [-0.25, -0.2) is 4.39 Å². The molecule has 1 unspecified atom stereocenters. The van der Waals surface area contributed by atoms with Crippen LogP contribution in [0.2, 0.25) is 0 Å². The highest BCUT2D eigenvalue weighted by molar-refractivity contribution is 5.76. The van der Waals surface area contributed by atoms with E-state index in [1.807, 2.05) is 12.1 Å². The van der Waals surface area contributed by atoms with Crippen LogP contribution in [-0.4, -0.2) is 32.3 Å². The number of fused-ring (bicyclic) bond motifs is 1. The van der Waals surface area contributed by atoms with Gasteiger partial charge in [-0.15, -0.1) is 0 Å². The molecule has 3 aliphatic rings. The molecule has 5 atom stereocenters. The summed E-state index contributed by atoms with van der Waals surface area (Å²) in [6.07, 6.45) is 3.61. The molecule has 1 aromatic rings. The van der Waals surface area contributed by atoms with Gasteiger partial charge in [0.15, 0.2) is 0 Å².